The summed E-state index contributed by atoms with van der Waals surface area (Å²) in [5.74, 6) is 0. The standard InChI is InChI=1S/C14H16ClN3O2S/c1-18-7-6-11(9-18)17-21(19,20)12-3-4-13-10(8-12)2-5-14(15)16-13/h2-5,8,11,17H,6-7,9H2,1H3. The average molecular weight is 326 g/mol. The van der Waals surface area contributed by atoms with Crippen LogP contribution in [0.3, 0.4) is 0 Å². The van der Waals surface area contributed by atoms with Crippen LogP contribution >= 0.6 is 11.6 Å². The van der Waals surface area contributed by atoms with Gasteiger partial charge in [-0.2, -0.15) is 0 Å². The first-order valence-corrected chi connectivity index (χ1v) is 8.57. The number of hydrogen-bond acceptors (Lipinski definition) is 4. The normalized spacial score (nSPS) is 20.2. The molecule has 1 atom stereocenters. The summed E-state index contributed by atoms with van der Waals surface area (Å²) in [6.45, 7) is 1.65. The smallest absolute Gasteiger partial charge is 0.240 e. The summed E-state index contributed by atoms with van der Waals surface area (Å²) in [6, 6.07) is 8.26. The maximum absolute atomic E-state index is 12.4. The van der Waals surface area contributed by atoms with Crippen molar-refractivity contribution in [3.05, 3.63) is 35.5 Å². The van der Waals surface area contributed by atoms with Gasteiger partial charge in [0.05, 0.1) is 10.4 Å². The number of aromatic nitrogens is 1. The lowest BCUT2D eigenvalue weighted by Crippen LogP contribution is -2.36. The van der Waals surface area contributed by atoms with Crippen LogP contribution in [0.5, 0.6) is 0 Å². The third-order valence-electron chi connectivity index (χ3n) is 3.65. The molecule has 2 heterocycles. The minimum Gasteiger partial charge on any atom is -0.305 e. The number of fused-ring (bicyclic) bond motifs is 1. The van der Waals surface area contributed by atoms with Gasteiger partial charge in [0, 0.05) is 18.0 Å². The van der Waals surface area contributed by atoms with Gasteiger partial charge in [0.15, 0.2) is 0 Å². The minimum absolute atomic E-state index is 0.0287. The Kier molecular flexibility index (Phi) is 3.88. The van der Waals surface area contributed by atoms with E-state index >= 15 is 0 Å². The number of nitrogens with zero attached hydrogens (tertiary/aromatic N) is 2. The summed E-state index contributed by atoms with van der Waals surface area (Å²) in [4.78, 5) is 6.52. The molecule has 1 unspecified atom stereocenters. The lowest BCUT2D eigenvalue weighted by atomic mass is 10.2. The molecule has 0 spiro atoms. The molecule has 2 aromatic rings. The van der Waals surface area contributed by atoms with Gasteiger partial charge in [0.1, 0.15) is 5.15 Å². The second kappa shape index (κ2) is 5.53. The van der Waals surface area contributed by atoms with Gasteiger partial charge in [-0.15, -0.1) is 0 Å². The first-order chi connectivity index (χ1) is 9.94. The zero-order valence-electron chi connectivity index (χ0n) is 11.6. The van der Waals surface area contributed by atoms with Crippen molar-refractivity contribution in [2.45, 2.75) is 17.4 Å². The van der Waals surface area contributed by atoms with Gasteiger partial charge in [0.25, 0.3) is 0 Å². The highest BCUT2D eigenvalue weighted by atomic mass is 35.5. The fourth-order valence-corrected chi connectivity index (χ4v) is 4.02. The molecule has 1 aliphatic rings. The molecule has 3 rings (SSSR count). The van der Waals surface area contributed by atoms with E-state index in [9.17, 15) is 8.42 Å². The molecule has 1 N–H and O–H groups in total. The summed E-state index contributed by atoms with van der Waals surface area (Å²) >= 11 is 5.83. The Morgan fingerprint density at radius 1 is 1.33 bits per heavy atom. The van der Waals surface area contributed by atoms with Gasteiger partial charge in [-0.1, -0.05) is 11.6 Å². The average Bonchev–Trinajstić information content (AvgIpc) is 2.82. The van der Waals surface area contributed by atoms with Crippen LogP contribution in [0, 0.1) is 0 Å². The Bertz CT molecular complexity index is 779. The molecule has 1 fully saturated rings. The van der Waals surface area contributed by atoms with Crippen LogP contribution < -0.4 is 4.72 Å². The van der Waals surface area contributed by atoms with E-state index in [0.717, 1.165) is 24.9 Å². The summed E-state index contributed by atoms with van der Waals surface area (Å²) in [6.07, 6.45) is 0.834. The van der Waals surface area contributed by atoms with Crippen molar-refractivity contribution in [3.8, 4) is 0 Å². The summed E-state index contributed by atoms with van der Waals surface area (Å²) in [5.41, 5.74) is 0.682. The SMILES string of the molecule is CN1CCC(NS(=O)(=O)c2ccc3nc(Cl)ccc3c2)C1. The van der Waals surface area contributed by atoms with Crippen molar-refractivity contribution >= 4 is 32.5 Å². The van der Waals surface area contributed by atoms with E-state index in [1.165, 1.54) is 0 Å². The maximum Gasteiger partial charge on any atom is 0.240 e. The predicted molar refractivity (Wildman–Crippen MR) is 83.0 cm³/mol. The highest BCUT2D eigenvalue weighted by Crippen LogP contribution is 2.20. The molecule has 0 bridgehead atoms. The molecule has 5 nitrogen and oxygen atoms in total. The first-order valence-electron chi connectivity index (χ1n) is 6.71. The molecule has 0 aliphatic carbocycles. The summed E-state index contributed by atoms with van der Waals surface area (Å²) in [5, 5.41) is 1.15. The number of halogens is 1. The number of likely N-dealkylation sites (tertiary alicyclic amines) is 1. The van der Waals surface area contributed by atoms with Crippen LogP contribution in [0.15, 0.2) is 35.2 Å². The van der Waals surface area contributed by atoms with Crippen LogP contribution in [0.2, 0.25) is 5.15 Å². The second-order valence-electron chi connectivity index (χ2n) is 5.36. The van der Waals surface area contributed by atoms with E-state index in [0.29, 0.717) is 10.7 Å². The molecule has 0 radical (unpaired) electrons. The molecule has 0 amide bonds. The molecule has 1 aromatic carbocycles. The van der Waals surface area contributed by atoms with Crippen LogP contribution in [-0.4, -0.2) is 44.5 Å². The highest BCUT2D eigenvalue weighted by Gasteiger charge is 2.25. The number of sulfonamides is 1. The molecule has 1 aliphatic heterocycles. The van der Waals surface area contributed by atoms with Gasteiger partial charge in [-0.25, -0.2) is 18.1 Å². The number of pyridine rings is 1. The largest absolute Gasteiger partial charge is 0.305 e. The number of hydrogen-bond donors (Lipinski definition) is 1. The van der Waals surface area contributed by atoms with Crippen molar-refractivity contribution in [3.63, 3.8) is 0 Å². The van der Waals surface area contributed by atoms with Crippen molar-refractivity contribution in [2.24, 2.45) is 0 Å². The highest BCUT2D eigenvalue weighted by molar-refractivity contribution is 7.89. The van der Waals surface area contributed by atoms with Crippen molar-refractivity contribution in [1.29, 1.82) is 0 Å². The van der Waals surface area contributed by atoms with Gasteiger partial charge in [-0.3, -0.25) is 0 Å². The lowest BCUT2D eigenvalue weighted by Gasteiger charge is -2.13. The fraction of sp³-hybridized carbons (Fsp3) is 0.357. The van der Waals surface area contributed by atoms with Crippen molar-refractivity contribution in [1.82, 2.24) is 14.6 Å². The fourth-order valence-electron chi connectivity index (χ4n) is 2.56. The monoisotopic (exact) mass is 325 g/mol. The predicted octanol–water partition coefficient (Wildman–Crippen LogP) is 1.87. The Labute approximate surface area is 129 Å². The van der Waals surface area contributed by atoms with Gasteiger partial charge >= 0.3 is 0 Å². The van der Waals surface area contributed by atoms with Gasteiger partial charge < -0.3 is 4.90 Å². The Balaban J connectivity index is 1.89. The Morgan fingerprint density at radius 3 is 2.86 bits per heavy atom. The zero-order valence-corrected chi connectivity index (χ0v) is 13.2. The van der Waals surface area contributed by atoms with Crippen molar-refractivity contribution < 1.29 is 8.42 Å². The second-order valence-corrected chi connectivity index (χ2v) is 7.46. The summed E-state index contributed by atoms with van der Waals surface area (Å²) < 4.78 is 27.6. The Hall–Kier alpha value is -1.21. The third-order valence-corrected chi connectivity index (χ3v) is 5.38. The van der Waals surface area contributed by atoms with Crippen LogP contribution in [-0.2, 0) is 10.0 Å². The van der Waals surface area contributed by atoms with Crippen molar-refractivity contribution in [2.75, 3.05) is 20.1 Å². The zero-order chi connectivity index (χ0) is 15.0. The van der Waals surface area contributed by atoms with E-state index in [4.69, 9.17) is 11.6 Å². The van der Waals surface area contributed by atoms with E-state index < -0.39 is 10.0 Å². The lowest BCUT2D eigenvalue weighted by molar-refractivity contribution is 0.407. The molecule has 112 valence electrons. The van der Waals surface area contributed by atoms with Gasteiger partial charge in [-0.05, 0) is 50.3 Å². The molecule has 0 saturated carbocycles. The number of likely N-dealkylation sites (N-methyl/N-ethyl adjacent to an activating group) is 1. The molecule has 1 aromatic heterocycles. The topological polar surface area (TPSA) is 62.3 Å². The number of benzene rings is 1. The third kappa shape index (κ3) is 3.18. The molecule has 21 heavy (non-hydrogen) atoms. The van der Waals surface area contributed by atoms with Crippen LogP contribution in [0.4, 0.5) is 0 Å². The molecular formula is C14H16ClN3O2S. The van der Waals surface area contributed by atoms with E-state index in [2.05, 4.69) is 14.6 Å². The minimum atomic E-state index is -3.51. The van der Waals surface area contributed by atoms with Gasteiger partial charge in [0.2, 0.25) is 10.0 Å². The maximum atomic E-state index is 12.4. The van der Waals surface area contributed by atoms with E-state index in [1.54, 1.807) is 30.3 Å². The van der Waals surface area contributed by atoms with E-state index in [-0.39, 0.29) is 10.9 Å². The molecule has 1 saturated heterocycles. The number of rotatable bonds is 3. The molecular weight excluding hydrogens is 310 g/mol. The quantitative estimate of drug-likeness (QED) is 0.875. The first kappa shape index (κ1) is 14.7. The van der Waals surface area contributed by atoms with Crippen LogP contribution in [0.1, 0.15) is 6.42 Å². The Morgan fingerprint density at radius 2 is 2.14 bits per heavy atom. The number of nitrogens with one attached hydrogen (secondary N) is 1. The van der Waals surface area contributed by atoms with E-state index in [1.807, 2.05) is 7.05 Å². The van der Waals surface area contributed by atoms with Crippen LogP contribution in [0.25, 0.3) is 10.9 Å². The molecule has 7 heteroatoms. The summed E-state index contributed by atoms with van der Waals surface area (Å²) in [7, 11) is -1.52.